The van der Waals surface area contributed by atoms with Crippen molar-refractivity contribution in [1.29, 1.82) is 0 Å². The van der Waals surface area contributed by atoms with Gasteiger partial charge in [0.25, 0.3) is 0 Å². The molecule has 0 aliphatic carbocycles. The number of carbonyl (C=O) groups excluding carboxylic acids is 1. The number of amides is 1. The number of nitrogens with one attached hydrogen (secondary N) is 1. The second-order valence-electron chi connectivity index (χ2n) is 0.742. The standard InChI is InChI=1S/C3H7NO2.ClH/c1-4-3(5)6-2;/h1-2H3,(H,4,5);1H. The first-order valence-corrected chi connectivity index (χ1v) is 1.57. The van der Waals surface area contributed by atoms with Gasteiger partial charge in [0.15, 0.2) is 0 Å². The number of carbonyl (C=O) groups is 1. The molecule has 0 heterocycles. The Morgan fingerprint density at radius 3 is 2.14 bits per heavy atom. The molecule has 44 valence electrons. The zero-order valence-electron chi connectivity index (χ0n) is 4.22. The van der Waals surface area contributed by atoms with Crippen molar-refractivity contribution in [1.82, 2.24) is 5.32 Å². The summed E-state index contributed by atoms with van der Waals surface area (Å²) in [5.74, 6) is 0. The van der Waals surface area contributed by atoms with Crippen molar-refractivity contribution in [2.75, 3.05) is 14.2 Å². The summed E-state index contributed by atoms with van der Waals surface area (Å²) < 4.78 is 4.15. The number of rotatable bonds is 0. The number of alkyl carbamates (subject to hydrolysis) is 1. The lowest BCUT2D eigenvalue weighted by atomic mass is 11.1. The Kier molecular flexibility index (Phi) is 7.75. The molecule has 0 aromatic rings. The molecular weight excluding hydrogens is 117 g/mol. The molecule has 1 N–H and O–H groups in total. The van der Waals surface area contributed by atoms with Gasteiger partial charge in [0.2, 0.25) is 0 Å². The Morgan fingerprint density at radius 1 is 1.71 bits per heavy atom. The molecule has 3 nitrogen and oxygen atoms in total. The van der Waals surface area contributed by atoms with Crippen molar-refractivity contribution < 1.29 is 9.53 Å². The number of methoxy groups -OCH3 is 1. The van der Waals surface area contributed by atoms with Crippen molar-refractivity contribution in [3.63, 3.8) is 0 Å². The van der Waals surface area contributed by atoms with Crippen molar-refractivity contribution in [2.45, 2.75) is 0 Å². The van der Waals surface area contributed by atoms with E-state index in [4.69, 9.17) is 0 Å². The lowest BCUT2D eigenvalue weighted by Crippen LogP contribution is -2.16. The van der Waals surface area contributed by atoms with Crippen LogP contribution >= 0.6 is 12.4 Å². The fourth-order valence-corrected chi connectivity index (χ4v) is 0.102. The Bertz CT molecular complexity index is 50.9. The molecule has 0 rings (SSSR count). The lowest BCUT2D eigenvalue weighted by molar-refractivity contribution is 0.173. The van der Waals surface area contributed by atoms with Gasteiger partial charge >= 0.3 is 6.09 Å². The molecule has 0 saturated carbocycles. The number of ether oxygens (including phenoxy) is 1. The van der Waals surface area contributed by atoms with Gasteiger partial charge in [0, 0.05) is 7.05 Å². The number of hydrogen-bond acceptors (Lipinski definition) is 2. The van der Waals surface area contributed by atoms with Crippen LogP contribution in [-0.2, 0) is 4.74 Å². The highest BCUT2D eigenvalue weighted by atomic mass is 35.5. The molecule has 7 heavy (non-hydrogen) atoms. The minimum absolute atomic E-state index is 0. The van der Waals surface area contributed by atoms with Crippen LogP contribution in [0.4, 0.5) is 4.79 Å². The van der Waals surface area contributed by atoms with E-state index in [1.165, 1.54) is 14.2 Å². The second-order valence-corrected chi connectivity index (χ2v) is 0.742. The van der Waals surface area contributed by atoms with Crippen LogP contribution in [0, 0.1) is 0 Å². The molecule has 0 fully saturated rings. The molecule has 0 unspecified atom stereocenters. The normalized spacial score (nSPS) is 6.00. The second kappa shape index (κ2) is 5.56. The topological polar surface area (TPSA) is 38.3 Å². The highest BCUT2D eigenvalue weighted by Crippen LogP contribution is 1.62. The van der Waals surface area contributed by atoms with Gasteiger partial charge in [0.05, 0.1) is 7.11 Å². The van der Waals surface area contributed by atoms with Gasteiger partial charge in [0.1, 0.15) is 0 Å². The number of hydrogen-bond donors (Lipinski definition) is 1. The van der Waals surface area contributed by atoms with E-state index < -0.39 is 6.09 Å². The van der Waals surface area contributed by atoms with Crippen LogP contribution in [0.25, 0.3) is 0 Å². The minimum Gasteiger partial charge on any atom is -0.453 e. The summed E-state index contributed by atoms with van der Waals surface area (Å²) in [5.41, 5.74) is 0. The third kappa shape index (κ3) is 5.56. The van der Waals surface area contributed by atoms with Crippen LogP contribution in [0.5, 0.6) is 0 Å². The zero-order valence-corrected chi connectivity index (χ0v) is 5.04. The Balaban J connectivity index is 0. The SMILES string of the molecule is CNC(=O)OC.Cl. The van der Waals surface area contributed by atoms with Crippen molar-refractivity contribution in [3.05, 3.63) is 0 Å². The average molecular weight is 126 g/mol. The lowest BCUT2D eigenvalue weighted by Gasteiger charge is -1.90. The smallest absolute Gasteiger partial charge is 0.406 e. The Hall–Kier alpha value is -0.440. The van der Waals surface area contributed by atoms with E-state index in [9.17, 15) is 4.79 Å². The number of halogens is 1. The molecule has 0 aliphatic rings. The first-order valence-electron chi connectivity index (χ1n) is 1.57. The molecule has 0 bridgehead atoms. The molecule has 0 aliphatic heterocycles. The van der Waals surface area contributed by atoms with Gasteiger partial charge in [-0.2, -0.15) is 0 Å². The maximum Gasteiger partial charge on any atom is 0.406 e. The average Bonchev–Trinajstić information content (AvgIpc) is 1.65. The van der Waals surface area contributed by atoms with E-state index in [2.05, 4.69) is 10.1 Å². The summed E-state index contributed by atoms with van der Waals surface area (Å²) in [6.07, 6.45) is -0.407. The Morgan fingerprint density at radius 2 is 2.14 bits per heavy atom. The van der Waals surface area contributed by atoms with Crippen molar-refractivity contribution in [3.8, 4) is 0 Å². The van der Waals surface area contributed by atoms with Crippen LogP contribution < -0.4 is 5.32 Å². The molecule has 0 aromatic carbocycles. The third-order valence-electron chi connectivity index (χ3n) is 0.390. The van der Waals surface area contributed by atoms with Crippen LogP contribution in [0.2, 0.25) is 0 Å². The molecule has 0 aromatic heterocycles. The monoisotopic (exact) mass is 125 g/mol. The van der Waals surface area contributed by atoms with Gasteiger partial charge in [-0.1, -0.05) is 0 Å². The van der Waals surface area contributed by atoms with E-state index in [0.29, 0.717) is 0 Å². The molecule has 0 atom stereocenters. The third-order valence-corrected chi connectivity index (χ3v) is 0.390. The van der Waals surface area contributed by atoms with E-state index in [1.807, 2.05) is 0 Å². The first kappa shape index (κ1) is 9.75. The van der Waals surface area contributed by atoms with Crippen LogP contribution in [0.1, 0.15) is 0 Å². The molecule has 0 spiro atoms. The maximum absolute atomic E-state index is 9.85. The fraction of sp³-hybridized carbons (Fsp3) is 0.667. The highest BCUT2D eigenvalue weighted by Gasteiger charge is 1.85. The van der Waals surface area contributed by atoms with Gasteiger partial charge < -0.3 is 10.1 Å². The van der Waals surface area contributed by atoms with Crippen molar-refractivity contribution >= 4 is 18.5 Å². The first-order chi connectivity index (χ1) is 2.81. The van der Waals surface area contributed by atoms with Gasteiger partial charge in [-0.05, 0) is 0 Å². The quantitative estimate of drug-likeness (QED) is 0.509. The van der Waals surface area contributed by atoms with E-state index in [1.54, 1.807) is 0 Å². The van der Waals surface area contributed by atoms with Crippen LogP contribution in [0.3, 0.4) is 0 Å². The fourth-order valence-electron chi connectivity index (χ4n) is 0.102. The molecule has 1 amide bonds. The summed E-state index contributed by atoms with van der Waals surface area (Å²) in [6.45, 7) is 0. The highest BCUT2D eigenvalue weighted by molar-refractivity contribution is 5.85. The summed E-state index contributed by atoms with van der Waals surface area (Å²) in [7, 11) is 2.82. The minimum atomic E-state index is -0.407. The van der Waals surface area contributed by atoms with Crippen LogP contribution in [-0.4, -0.2) is 20.3 Å². The summed E-state index contributed by atoms with van der Waals surface area (Å²) in [6, 6.07) is 0. The molecule has 4 heteroatoms. The van der Waals surface area contributed by atoms with E-state index in [-0.39, 0.29) is 12.4 Å². The van der Waals surface area contributed by atoms with Gasteiger partial charge in [-0.25, -0.2) is 4.79 Å². The predicted molar refractivity (Wildman–Crippen MR) is 28.7 cm³/mol. The van der Waals surface area contributed by atoms with Gasteiger partial charge in [-0.15, -0.1) is 12.4 Å². The van der Waals surface area contributed by atoms with Crippen LogP contribution in [0.15, 0.2) is 0 Å². The summed E-state index contributed by atoms with van der Waals surface area (Å²) in [5, 5.41) is 2.25. The summed E-state index contributed by atoms with van der Waals surface area (Å²) in [4.78, 5) is 9.85. The van der Waals surface area contributed by atoms with E-state index in [0.717, 1.165) is 0 Å². The zero-order chi connectivity index (χ0) is 4.99. The molecular formula is C3H8ClNO2. The largest absolute Gasteiger partial charge is 0.453 e. The molecule has 0 radical (unpaired) electrons. The summed E-state index contributed by atoms with van der Waals surface area (Å²) >= 11 is 0. The Labute approximate surface area is 48.4 Å². The van der Waals surface area contributed by atoms with E-state index >= 15 is 0 Å². The van der Waals surface area contributed by atoms with Crippen molar-refractivity contribution in [2.24, 2.45) is 0 Å². The maximum atomic E-state index is 9.85. The van der Waals surface area contributed by atoms with Gasteiger partial charge in [-0.3, -0.25) is 0 Å². The molecule has 0 saturated heterocycles. The predicted octanol–water partition coefficient (Wildman–Crippen LogP) is 0.394.